The number of nitrogens with zero attached hydrogens (tertiary/aromatic N) is 3. The molecule has 0 spiro atoms. The van der Waals surface area contributed by atoms with Crippen LogP contribution in [0.4, 0.5) is 17.2 Å². The average Bonchev–Trinajstić information content (AvgIpc) is 3.19. The van der Waals surface area contributed by atoms with Crippen LogP contribution in [0, 0.1) is 18.3 Å². The topological polar surface area (TPSA) is 109 Å². The van der Waals surface area contributed by atoms with Crippen molar-refractivity contribution in [1.82, 2.24) is 9.38 Å². The molecule has 0 aliphatic rings. The first kappa shape index (κ1) is 22.8. The number of hydrogen-bond donors (Lipinski definition) is 2. The minimum Gasteiger partial charge on any atom is -0.466 e. The number of nitrogens with one attached hydrogen (secondary N) is 2. The zero-order chi connectivity index (χ0) is 24.2. The molecule has 2 aromatic carbocycles. The van der Waals surface area contributed by atoms with Crippen molar-refractivity contribution in [2.45, 2.75) is 33.6 Å². The van der Waals surface area contributed by atoms with E-state index < -0.39 is 0 Å². The molecule has 0 aliphatic heterocycles. The van der Waals surface area contributed by atoms with Crippen molar-refractivity contribution in [3.63, 3.8) is 0 Å². The van der Waals surface area contributed by atoms with Crippen LogP contribution in [0.3, 0.4) is 0 Å². The molecule has 4 rings (SSSR count). The van der Waals surface area contributed by atoms with E-state index in [9.17, 15) is 14.9 Å². The van der Waals surface area contributed by atoms with Gasteiger partial charge in [0.2, 0.25) is 5.91 Å². The fraction of sp³-hybridized carbons (Fsp3) is 0.231. The Kier molecular flexibility index (Phi) is 6.46. The van der Waals surface area contributed by atoms with Crippen molar-refractivity contribution < 1.29 is 14.3 Å². The van der Waals surface area contributed by atoms with E-state index in [4.69, 9.17) is 9.72 Å². The molecule has 0 saturated heterocycles. The minimum atomic E-state index is -0.290. The fourth-order valence-corrected chi connectivity index (χ4v) is 4.06. The number of hydrogen-bond acceptors (Lipinski definition) is 6. The number of amides is 1. The smallest absolute Gasteiger partial charge is 0.306 e. The Hall–Kier alpha value is -4.38. The summed E-state index contributed by atoms with van der Waals surface area (Å²) >= 11 is 0. The van der Waals surface area contributed by atoms with Crippen molar-refractivity contribution in [2.24, 2.45) is 0 Å². The molecule has 0 fully saturated rings. The van der Waals surface area contributed by atoms with Crippen molar-refractivity contribution in [3.05, 3.63) is 65.2 Å². The van der Waals surface area contributed by atoms with E-state index in [1.165, 1.54) is 6.92 Å². The molecule has 0 unspecified atom stereocenters. The van der Waals surface area contributed by atoms with Gasteiger partial charge in [0, 0.05) is 24.7 Å². The lowest BCUT2D eigenvalue weighted by molar-refractivity contribution is -0.143. The molecular formula is C26H25N5O3. The lowest BCUT2D eigenvalue weighted by Crippen LogP contribution is -2.11. The summed E-state index contributed by atoms with van der Waals surface area (Å²) in [5, 5.41) is 16.2. The lowest BCUT2D eigenvalue weighted by Gasteiger charge is -2.19. The van der Waals surface area contributed by atoms with Gasteiger partial charge in [0.15, 0.2) is 5.65 Å². The average molecular weight is 456 g/mol. The first-order valence-corrected chi connectivity index (χ1v) is 11.1. The number of fused-ring (bicyclic) bond motifs is 3. The second-order valence-corrected chi connectivity index (χ2v) is 7.89. The number of anilines is 3. The summed E-state index contributed by atoms with van der Waals surface area (Å²) < 4.78 is 7.06. The number of ether oxygens (including phenoxy) is 1. The van der Waals surface area contributed by atoms with Crippen LogP contribution < -0.4 is 10.6 Å². The molecule has 0 aliphatic carbocycles. The third kappa shape index (κ3) is 4.41. The van der Waals surface area contributed by atoms with Gasteiger partial charge in [0.25, 0.3) is 0 Å². The van der Waals surface area contributed by atoms with Gasteiger partial charge in [-0.15, -0.1) is 0 Å². The molecule has 2 heterocycles. The normalized spacial score (nSPS) is 10.8. The Bertz CT molecular complexity index is 1430. The minimum absolute atomic E-state index is 0.142. The SMILES string of the molecule is CCOC(=O)CCc1c(C)c(C#N)c2nc3ccccc3n2c1Nc1ccc(NC(C)=O)cc1. The molecule has 1 amide bonds. The van der Waals surface area contributed by atoms with Gasteiger partial charge in [0.05, 0.1) is 23.2 Å². The number of carbonyl (C=O) groups excluding carboxylic acids is 2. The second kappa shape index (κ2) is 9.63. The zero-order valence-corrected chi connectivity index (χ0v) is 19.3. The number of carbonyl (C=O) groups is 2. The summed E-state index contributed by atoms with van der Waals surface area (Å²) in [6.07, 6.45) is 0.585. The first-order valence-electron chi connectivity index (χ1n) is 11.1. The largest absolute Gasteiger partial charge is 0.466 e. The summed E-state index contributed by atoms with van der Waals surface area (Å²) in [4.78, 5) is 28.2. The molecule has 8 heteroatoms. The number of para-hydroxylation sites is 2. The number of benzene rings is 2. The van der Waals surface area contributed by atoms with E-state index in [2.05, 4.69) is 16.7 Å². The number of nitriles is 1. The predicted molar refractivity (Wildman–Crippen MR) is 131 cm³/mol. The summed E-state index contributed by atoms with van der Waals surface area (Å²) in [6.45, 7) is 5.43. The van der Waals surface area contributed by atoms with Gasteiger partial charge < -0.3 is 15.4 Å². The van der Waals surface area contributed by atoms with Crippen LogP contribution in [-0.2, 0) is 20.7 Å². The Morgan fingerprint density at radius 3 is 2.50 bits per heavy atom. The summed E-state index contributed by atoms with van der Waals surface area (Å²) in [5.74, 6) is 0.301. The molecular weight excluding hydrogens is 430 g/mol. The third-order valence-corrected chi connectivity index (χ3v) is 5.59. The monoisotopic (exact) mass is 455 g/mol. The summed E-state index contributed by atoms with van der Waals surface area (Å²) in [7, 11) is 0. The van der Waals surface area contributed by atoms with Gasteiger partial charge in [-0.05, 0) is 67.8 Å². The van der Waals surface area contributed by atoms with Gasteiger partial charge in [0.1, 0.15) is 11.9 Å². The molecule has 172 valence electrons. The Morgan fingerprint density at radius 1 is 1.12 bits per heavy atom. The highest BCUT2D eigenvalue weighted by atomic mass is 16.5. The molecule has 0 bridgehead atoms. The van der Waals surface area contributed by atoms with Crippen LogP contribution >= 0.6 is 0 Å². The van der Waals surface area contributed by atoms with E-state index in [0.29, 0.717) is 29.9 Å². The quantitative estimate of drug-likeness (QED) is 0.385. The Labute approximate surface area is 197 Å². The predicted octanol–water partition coefficient (Wildman–Crippen LogP) is 4.87. The Balaban J connectivity index is 1.89. The van der Waals surface area contributed by atoms with E-state index in [1.807, 2.05) is 59.9 Å². The highest BCUT2D eigenvalue weighted by Crippen LogP contribution is 2.33. The highest BCUT2D eigenvalue weighted by molar-refractivity contribution is 5.89. The van der Waals surface area contributed by atoms with Crippen LogP contribution in [0.5, 0.6) is 0 Å². The zero-order valence-electron chi connectivity index (χ0n) is 19.3. The molecule has 2 aromatic heterocycles. The fourth-order valence-electron chi connectivity index (χ4n) is 4.06. The van der Waals surface area contributed by atoms with Crippen LogP contribution in [0.25, 0.3) is 16.7 Å². The number of aromatic nitrogens is 2. The number of pyridine rings is 1. The van der Waals surface area contributed by atoms with Crippen LogP contribution in [0.15, 0.2) is 48.5 Å². The summed E-state index contributed by atoms with van der Waals surface area (Å²) in [6, 6.07) is 17.3. The maximum absolute atomic E-state index is 12.1. The van der Waals surface area contributed by atoms with Crippen molar-refractivity contribution in [1.29, 1.82) is 5.26 Å². The number of rotatable bonds is 7. The highest BCUT2D eigenvalue weighted by Gasteiger charge is 2.21. The number of imidazole rings is 1. The molecule has 8 nitrogen and oxygen atoms in total. The van der Waals surface area contributed by atoms with Gasteiger partial charge in [-0.1, -0.05) is 12.1 Å². The van der Waals surface area contributed by atoms with Gasteiger partial charge in [-0.3, -0.25) is 14.0 Å². The van der Waals surface area contributed by atoms with Crippen molar-refractivity contribution in [3.8, 4) is 6.07 Å². The maximum Gasteiger partial charge on any atom is 0.306 e. The second-order valence-electron chi connectivity index (χ2n) is 7.89. The molecule has 4 aromatic rings. The van der Waals surface area contributed by atoms with Crippen LogP contribution in [0.2, 0.25) is 0 Å². The van der Waals surface area contributed by atoms with Crippen LogP contribution in [0.1, 0.15) is 37.0 Å². The van der Waals surface area contributed by atoms with Gasteiger partial charge in [-0.25, -0.2) is 4.98 Å². The van der Waals surface area contributed by atoms with Crippen molar-refractivity contribution >= 4 is 45.7 Å². The first-order chi connectivity index (χ1) is 16.4. The van der Waals surface area contributed by atoms with Gasteiger partial charge >= 0.3 is 5.97 Å². The summed E-state index contributed by atoms with van der Waals surface area (Å²) in [5.41, 5.74) is 5.73. The molecule has 0 atom stereocenters. The van der Waals surface area contributed by atoms with E-state index in [1.54, 1.807) is 6.92 Å². The van der Waals surface area contributed by atoms with E-state index >= 15 is 0 Å². The molecule has 0 saturated carbocycles. The van der Waals surface area contributed by atoms with Crippen molar-refractivity contribution in [2.75, 3.05) is 17.2 Å². The molecule has 34 heavy (non-hydrogen) atoms. The van der Waals surface area contributed by atoms with E-state index in [-0.39, 0.29) is 18.3 Å². The number of esters is 1. The standard InChI is InChI=1S/C26H25N5O3/c1-4-34-24(33)14-13-20-16(2)21(15-27)26-30-22-7-5-6-8-23(22)31(26)25(20)29-19-11-9-18(10-12-19)28-17(3)32/h5-12,29H,4,13-14H2,1-3H3,(H,28,32). The Morgan fingerprint density at radius 2 is 1.82 bits per heavy atom. The molecule has 2 N–H and O–H groups in total. The maximum atomic E-state index is 12.1. The molecule has 0 radical (unpaired) electrons. The van der Waals surface area contributed by atoms with Gasteiger partial charge in [-0.2, -0.15) is 5.26 Å². The van der Waals surface area contributed by atoms with E-state index in [0.717, 1.165) is 33.7 Å². The lowest BCUT2D eigenvalue weighted by atomic mass is 10.00. The third-order valence-electron chi connectivity index (χ3n) is 5.59. The van der Waals surface area contributed by atoms with Crippen LogP contribution in [-0.4, -0.2) is 27.9 Å².